The monoisotopic (exact) mass is 344 g/mol. The van der Waals surface area contributed by atoms with Gasteiger partial charge in [0, 0.05) is 0 Å². The van der Waals surface area contributed by atoms with Crippen LogP contribution in [0.4, 0.5) is 0 Å². The van der Waals surface area contributed by atoms with Crippen LogP contribution in [0, 0.1) is 0 Å². The number of carbonyl (C=O) groups excluding carboxylic acids is 1. The van der Waals surface area contributed by atoms with Gasteiger partial charge < -0.3 is 4.74 Å². The summed E-state index contributed by atoms with van der Waals surface area (Å²) in [4.78, 5) is 12.4. The predicted octanol–water partition coefficient (Wildman–Crippen LogP) is 3.73. The molecule has 0 aliphatic heterocycles. The van der Waals surface area contributed by atoms with E-state index in [1.165, 1.54) is 11.0 Å². The van der Waals surface area contributed by atoms with Crippen LogP contribution in [0.15, 0.2) is 73.1 Å². The van der Waals surface area contributed by atoms with E-state index in [2.05, 4.69) is 21.6 Å². The molecule has 3 aromatic carbocycles. The predicted molar refractivity (Wildman–Crippen MR) is 96.9 cm³/mol. The first-order valence-corrected chi connectivity index (χ1v) is 8.24. The van der Waals surface area contributed by atoms with Crippen molar-refractivity contribution in [3.63, 3.8) is 0 Å². The van der Waals surface area contributed by atoms with Gasteiger partial charge in [0.1, 0.15) is 12.4 Å². The Labute approximate surface area is 150 Å². The average Bonchev–Trinajstić information content (AvgIpc) is 3.22. The molecule has 0 N–H and O–H groups in total. The number of esters is 1. The van der Waals surface area contributed by atoms with E-state index in [-0.39, 0.29) is 12.1 Å². The summed E-state index contributed by atoms with van der Waals surface area (Å²) in [7, 11) is 0. The molecule has 0 fully saturated rings. The zero-order valence-electron chi connectivity index (χ0n) is 14.1. The Hall–Kier alpha value is -3.54. The highest BCUT2D eigenvalue weighted by Gasteiger charge is 2.14. The minimum Gasteiger partial charge on any atom is -0.454 e. The molecule has 1 heterocycles. The van der Waals surface area contributed by atoms with E-state index in [9.17, 15) is 4.79 Å². The molecule has 6 nitrogen and oxygen atoms in total. The maximum atomic E-state index is 12.4. The van der Waals surface area contributed by atoms with Crippen LogP contribution in [0.25, 0.3) is 16.5 Å². The number of carbonyl (C=O) groups is 1. The second kappa shape index (κ2) is 6.76. The van der Waals surface area contributed by atoms with E-state index in [1.807, 2.05) is 43.3 Å². The van der Waals surface area contributed by atoms with Crippen LogP contribution in [0.3, 0.4) is 0 Å². The molecule has 0 radical (unpaired) electrons. The van der Waals surface area contributed by atoms with Crippen molar-refractivity contribution in [2.24, 2.45) is 0 Å². The zero-order valence-corrected chi connectivity index (χ0v) is 14.1. The van der Waals surface area contributed by atoms with Gasteiger partial charge in [-0.25, -0.2) is 9.48 Å². The van der Waals surface area contributed by atoms with E-state index in [0.29, 0.717) is 5.56 Å². The van der Waals surface area contributed by atoms with Crippen LogP contribution < -0.4 is 0 Å². The van der Waals surface area contributed by atoms with Gasteiger partial charge in [-0.15, -0.1) is 5.10 Å². The van der Waals surface area contributed by atoms with Gasteiger partial charge in [0.25, 0.3) is 0 Å². The Balaban J connectivity index is 1.49. The Kier molecular flexibility index (Phi) is 4.15. The highest BCUT2D eigenvalue weighted by molar-refractivity contribution is 5.90. The second-order valence-corrected chi connectivity index (χ2v) is 5.96. The number of hydrogen-bond donors (Lipinski definition) is 0. The maximum Gasteiger partial charge on any atom is 0.338 e. The van der Waals surface area contributed by atoms with E-state index in [0.717, 1.165) is 22.0 Å². The largest absolute Gasteiger partial charge is 0.454 e. The maximum absolute atomic E-state index is 12.4. The normalized spacial score (nSPS) is 12.0. The van der Waals surface area contributed by atoms with Gasteiger partial charge in [-0.3, -0.25) is 0 Å². The molecule has 0 saturated heterocycles. The molecule has 4 rings (SSSR count). The summed E-state index contributed by atoms with van der Waals surface area (Å²) in [5.74, 6) is -0.367. The summed E-state index contributed by atoms with van der Waals surface area (Å²) < 4.78 is 7.14. The smallest absolute Gasteiger partial charge is 0.338 e. The third kappa shape index (κ3) is 3.17. The fourth-order valence-corrected chi connectivity index (χ4v) is 2.79. The summed E-state index contributed by atoms with van der Waals surface area (Å²) in [6.45, 7) is 1.87. The summed E-state index contributed by atoms with van der Waals surface area (Å²) in [5, 5.41) is 13.3. The molecule has 128 valence electrons. The van der Waals surface area contributed by atoms with Crippen LogP contribution in [0.2, 0.25) is 0 Å². The van der Waals surface area contributed by atoms with E-state index in [4.69, 9.17) is 4.74 Å². The van der Waals surface area contributed by atoms with Gasteiger partial charge in [-0.1, -0.05) is 36.4 Å². The molecule has 0 aliphatic carbocycles. The van der Waals surface area contributed by atoms with Gasteiger partial charge in [-0.05, 0) is 64.0 Å². The molecule has 26 heavy (non-hydrogen) atoms. The number of rotatable bonds is 4. The van der Waals surface area contributed by atoms with Crippen LogP contribution in [0.5, 0.6) is 0 Å². The first-order chi connectivity index (χ1) is 12.7. The standard InChI is InChI=1S/C20H16N4O2/c1-14(17-7-6-15-4-2-3-5-18(15)12-17)26-20(25)16-8-10-19(11-9-16)24-13-21-22-23-24/h2-14H,1H3/t14-/m1/s1. The van der Waals surface area contributed by atoms with Crippen molar-refractivity contribution >= 4 is 16.7 Å². The SMILES string of the molecule is C[C@@H](OC(=O)c1ccc(-n2cnnn2)cc1)c1ccc2ccccc2c1. The lowest BCUT2D eigenvalue weighted by Crippen LogP contribution is -2.09. The number of nitrogens with zero attached hydrogens (tertiary/aromatic N) is 4. The van der Waals surface area contributed by atoms with Gasteiger partial charge in [-0.2, -0.15) is 0 Å². The van der Waals surface area contributed by atoms with Crippen LogP contribution in [-0.4, -0.2) is 26.2 Å². The summed E-state index contributed by atoms with van der Waals surface area (Å²) >= 11 is 0. The van der Waals surface area contributed by atoms with Gasteiger partial charge in [0.05, 0.1) is 11.3 Å². The van der Waals surface area contributed by atoms with E-state index < -0.39 is 0 Å². The Bertz CT molecular complexity index is 1040. The quantitative estimate of drug-likeness (QED) is 0.528. The number of fused-ring (bicyclic) bond motifs is 1. The molecular formula is C20H16N4O2. The minimum atomic E-state index is -0.367. The van der Waals surface area contributed by atoms with Gasteiger partial charge >= 0.3 is 5.97 Å². The van der Waals surface area contributed by atoms with Gasteiger partial charge in [0.15, 0.2) is 0 Å². The molecule has 0 unspecified atom stereocenters. The van der Waals surface area contributed by atoms with Crippen molar-refractivity contribution in [2.75, 3.05) is 0 Å². The fourth-order valence-electron chi connectivity index (χ4n) is 2.79. The molecule has 0 amide bonds. The molecule has 4 aromatic rings. The first-order valence-electron chi connectivity index (χ1n) is 8.24. The molecule has 1 aromatic heterocycles. The van der Waals surface area contributed by atoms with Crippen LogP contribution in [-0.2, 0) is 4.74 Å². The number of tetrazole rings is 1. The Morgan fingerprint density at radius 3 is 2.50 bits per heavy atom. The molecule has 1 atom stereocenters. The van der Waals surface area contributed by atoms with Crippen molar-refractivity contribution in [1.82, 2.24) is 20.2 Å². The van der Waals surface area contributed by atoms with E-state index >= 15 is 0 Å². The Morgan fingerprint density at radius 2 is 1.77 bits per heavy atom. The fraction of sp³-hybridized carbons (Fsp3) is 0.100. The van der Waals surface area contributed by atoms with Gasteiger partial charge in [0.2, 0.25) is 0 Å². The van der Waals surface area contributed by atoms with Crippen LogP contribution >= 0.6 is 0 Å². The number of benzene rings is 3. The molecule has 0 spiro atoms. The number of hydrogen-bond acceptors (Lipinski definition) is 5. The number of ether oxygens (including phenoxy) is 1. The van der Waals surface area contributed by atoms with Crippen molar-refractivity contribution in [2.45, 2.75) is 13.0 Å². The van der Waals surface area contributed by atoms with E-state index in [1.54, 1.807) is 24.3 Å². The lowest BCUT2D eigenvalue weighted by atomic mass is 10.0. The second-order valence-electron chi connectivity index (χ2n) is 5.96. The minimum absolute atomic E-state index is 0.341. The zero-order chi connectivity index (χ0) is 17.9. The lowest BCUT2D eigenvalue weighted by molar-refractivity contribution is 0.0338. The first kappa shape index (κ1) is 16.0. The van der Waals surface area contributed by atoms with Crippen molar-refractivity contribution in [3.05, 3.63) is 84.2 Å². The van der Waals surface area contributed by atoms with Crippen molar-refractivity contribution in [1.29, 1.82) is 0 Å². The van der Waals surface area contributed by atoms with Crippen molar-refractivity contribution < 1.29 is 9.53 Å². The highest BCUT2D eigenvalue weighted by atomic mass is 16.5. The summed E-state index contributed by atoms with van der Waals surface area (Å²) in [5.41, 5.74) is 2.21. The lowest BCUT2D eigenvalue weighted by Gasteiger charge is -2.14. The van der Waals surface area contributed by atoms with Crippen LogP contribution in [0.1, 0.15) is 28.9 Å². The molecule has 0 bridgehead atoms. The third-order valence-electron chi connectivity index (χ3n) is 4.24. The summed E-state index contributed by atoms with van der Waals surface area (Å²) in [6, 6.07) is 21.1. The molecule has 6 heteroatoms. The topological polar surface area (TPSA) is 69.9 Å². The highest BCUT2D eigenvalue weighted by Crippen LogP contribution is 2.23. The summed E-state index contributed by atoms with van der Waals surface area (Å²) in [6.07, 6.45) is 1.15. The van der Waals surface area contributed by atoms with Crippen molar-refractivity contribution in [3.8, 4) is 5.69 Å². The molecule has 0 aliphatic rings. The Morgan fingerprint density at radius 1 is 1.00 bits per heavy atom. The average molecular weight is 344 g/mol. The molecular weight excluding hydrogens is 328 g/mol. The number of aromatic nitrogens is 4. The molecule has 0 saturated carbocycles. The third-order valence-corrected chi connectivity index (χ3v) is 4.24.